The Balaban J connectivity index is 4.31. The molecule has 0 rings (SSSR count). The molecular weight excluding hydrogens is 231 g/mol. The van der Waals surface area contributed by atoms with E-state index in [0.29, 0.717) is 6.42 Å². The molecule has 0 aromatic heterocycles. The lowest BCUT2D eigenvalue weighted by molar-refractivity contribution is -0.136. The standard InChI is InChI=1S/C12H24F3NO/c1-11(2,3)10(17-5)9(16-4)7-6-8-12(13,14)15/h9-10,16H,6-8H2,1-5H3. The van der Waals surface area contributed by atoms with Gasteiger partial charge in [0.25, 0.3) is 0 Å². The van der Waals surface area contributed by atoms with Gasteiger partial charge in [0.1, 0.15) is 0 Å². The molecule has 104 valence electrons. The van der Waals surface area contributed by atoms with Crippen LogP contribution in [0.3, 0.4) is 0 Å². The highest BCUT2D eigenvalue weighted by atomic mass is 19.4. The van der Waals surface area contributed by atoms with Gasteiger partial charge in [-0.25, -0.2) is 0 Å². The summed E-state index contributed by atoms with van der Waals surface area (Å²) in [5.74, 6) is 0. The van der Waals surface area contributed by atoms with Crippen LogP contribution in [-0.2, 0) is 4.74 Å². The van der Waals surface area contributed by atoms with Crippen molar-refractivity contribution >= 4 is 0 Å². The summed E-state index contributed by atoms with van der Waals surface area (Å²) in [5.41, 5.74) is -0.0966. The Hall–Kier alpha value is -0.290. The second kappa shape index (κ2) is 6.59. The Bertz CT molecular complexity index is 211. The zero-order chi connectivity index (χ0) is 13.7. The molecule has 0 heterocycles. The van der Waals surface area contributed by atoms with Crippen molar-refractivity contribution in [3.8, 4) is 0 Å². The number of methoxy groups -OCH3 is 1. The van der Waals surface area contributed by atoms with E-state index in [9.17, 15) is 13.2 Å². The number of ether oxygens (including phenoxy) is 1. The lowest BCUT2D eigenvalue weighted by Crippen LogP contribution is -2.46. The minimum absolute atomic E-state index is 0.0534. The van der Waals surface area contributed by atoms with E-state index in [1.807, 2.05) is 20.8 Å². The Labute approximate surface area is 102 Å². The van der Waals surface area contributed by atoms with Crippen molar-refractivity contribution < 1.29 is 17.9 Å². The topological polar surface area (TPSA) is 21.3 Å². The van der Waals surface area contributed by atoms with Crippen molar-refractivity contribution in [3.63, 3.8) is 0 Å². The van der Waals surface area contributed by atoms with Gasteiger partial charge in [-0.15, -0.1) is 0 Å². The fourth-order valence-corrected chi connectivity index (χ4v) is 2.09. The molecule has 2 atom stereocenters. The third-order valence-corrected chi connectivity index (χ3v) is 2.82. The third kappa shape index (κ3) is 6.88. The molecule has 0 aliphatic rings. The highest BCUT2D eigenvalue weighted by molar-refractivity contribution is 4.85. The zero-order valence-corrected chi connectivity index (χ0v) is 11.3. The SMILES string of the molecule is CNC(CCCC(F)(F)F)C(OC)C(C)(C)C. The van der Waals surface area contributed by atoms with Crippen molar-refractivity contribution in [2.45, 2.75) is 58.4 Å². The van der Waals surface area contributed by atoms with Crippen LogP contribution < -0.4 is 5.32 Å². The van der Waals surface area contributed by atoms with Crippen LogP contribution in [0.15, 0.2) is 0 Å². The highest BCUT2D eigenvalue weighted by Gasteiger charge is 2.33. The van der Waals surface area contributed by atoms with E-state index in [0.717, 1.165) is 0 Å². The summed E-state index contributed by atoms with van der Waals surface area (Å²) in [6.07, 6.45) is -4.30. The van der Waals surface area contributed by atoms with E-state index in [2.05, 4.69) is 5.32 Å². The summed E-state index contributed by atoms with van der Waals surface area (Å²) < 4.78 is 41.6. The van der Waals surface area contributed by atoms with Crippen molar-refractivity contribution in [2.24, 2.45) is 5.41 Å². The lowest BCUT2D eigenvalue weighted by atomic mass is 9.83. The molecule has 0 aromatic rings. The van der Waals surface area contributed by atoms with E-state index >= 15 is 0 Å². The number of alkyl halides is 3. The quantitative estimate of drug-likeness (QED) is 0.785. The molecule has 0 saturated heterocycles. The number of rotatable bonds is 6. The average Bonchev–Trinajstić information content (AvgIpc) is 2.12. The molecule has 1 N–H and O–H groups in total. The minimum Gasteiger partial charge on any atom is -0.379 e. The maximum Gasteiger partial charge on any atom is 0.389 e. The molecule has 2 unspecified atom stereocenters. The molecular formula is C12H24F3NO. The summed E-state index contributed by atoms with van der Waals surface area (Å²) in [7, 11) is 3.36. The van der Waals surface area contributed by atoms with Gasteiger partial charge in [0.05, 0.1) is 6.10 Å². The molecule has 0 saturated carbocycles. The molecule has 0 bridgehead atoms. The van der Waals surface area contributed by atoms with Gasteiger partial charge in [0, 0.05) is 19.6 Å². The lowest BCUT2D eigenvalue weighted by Gasteiger charge is -2.36. The number of hydrogen-bond acceptors (Lipinski definition) is 2. The maximum absolute atomic E-state index is 12.1. The minimum atomic E-state index is -4.07. The molecule has 17 heavy (non-hydrogen) atoms. The van der Waals surface area contributed by atoms with Crippen LogP contribution >= 0.6 is 0 Å². The van der Waals surface area contributed by atoms with E-state index in [1.54, 1.807) is 14.2 Å². The maximum atomic E-state index is 12.1. The summed E-state index contributed by atoms with van der Waals surface area (Å²) in [4.78, 5) is 0. The summed E-state index contributed by atoms with van der Waals surface area (Å²) in [6, 6.07) is -0.0534. The normalized spacial score (nSPS) is 16.9. The van der Waals surface area contributed by atoms with Gasteiger partial charge >= 0.3 is 6.18 Å². The van der Waals surface area contributed by atoms with Gasteiger partial charge < -0.3 is 10.1 Å². The molecule has 0 aliphatic heterocycles. The Morgan fingerprint density at radius 2 is 1.71 bits per heavy atom. The average molecular weight is 255 g/mol. The first kappa shape index (κ1) is 16.7. The molecule has 0 aliphatic carbocycles. The summed E-state index contributed by atoms with van der Waals surface area (Å²) in [6.45, 7) is 6.07. The smallest absolute Gasteiger partial charge is 0.379 e. The van der Waals surface area contributed by atoms with E-state index in [4.69, 9.17) is 4.74 Å². The molecule has 2 nitrogen and oxygen atoms in total. The van der Waals surface area contributed by atoms with Crippen molar-refractivity contribution in [2.75, 3.05) is 14.2 Å². The molecule has 0 aromatic carbocycles. The van der Waals surface area contributed by atoms with Gasteiger partial charge in [-0.2, -0.15) is 13.2 Å². The second-order valence-electron chi connectivity index (χ2n) is 5.42. The first-order valence-corrected chi connectivity index (χ1v) is 5.88. The van der Waals surface area contributed by atoms with Crippen LogP contribution in [0.2, 0.25) is 0 Å². The summed E-state index contributed by atoms with van der Waals surface area (Å²) in [5, 5.41) is 3.05. The third-order valence-electron chi connectivity index (χ3n) is 2.82. The number of nitrogens with one attached hydrogen (secondary N) is 1. The zero-order valence-electron chi connectivity index (χ0n) is 11.3. The Kier molecular flexibility index (Phi) is 6.48. The van der Waals surface area contributed by atoms with Crippen LogP contribution in [-0.4, -0.2) is 32.5 Å². The van der Waals surface area contributed by atoms with Crippen LogP contribution in [0.4, 0.5) is 13.2 Å². The van der Waals surface area contributed by atoms with Crippen molar-refractivity contribution in [1.29, 1.82) is 0 Å². The number of halogens is 3. The fourth-order valence-electron chi connectivity index (χ4n) is 2.09. The van der Waals surface area contributed by atoms with Gasteiger partial charge in [0.2, 0.25) is 0 Å². The monoisotopic (exact) mass is 255 g/mol. The molecule has 0 spiro atoms. The van der Waals surface area contributed by atoms with Crippen LogP contribution in [0.1, 0.15) is 40.0 Å². The van der Waals surface area contributed by atoms with E-state index in [1.165, 1.54) is 0 Å². The van der Waals surface area contributed by atoms with Crippen LogP contribution in [0.5, 0.6) is 0 Å². The van der Waals surface area contributed by atoms with Gasteiger partial charge in [-0.3, -0.25) is 0 Å². The predicted molar refractivity (Wildman–Crippen MR) is 63.0 cm³/mol. The molecule has 0 radical (unpaired) electrons. The second-order valence-corrected chi connectivity index (χ2v) is 5.42. The first-order valence-electron chi connectivity index (χ1n) is 5.88. The highest BCUT2D eigenvalue weighted by Crippen LogP contribution is 2.28. The predicted octanol–water partition coefficient (Wildman–Crippen LogP) is 3.37. The number of likely N-dealkylation sites (N-methyl/N-ethyl adjacent to an activating group) is 1. The first-order chi connectivity index (χ1) is 7.61. The van der Waals surface area contributed by atoms with Crippen LogP contribution in [0, 0.1) is 5.41 Å². The van der Waals surface area contributed by atoms with E-state index in [-0.39, 0.29) is 24.0 Å². The van der Waals surface area contributed by atoms with E-state index < -0.39 is 12.6 Å². The van der Waals surface area contributed by atoms with Crippen LogP contribution in [0.25, 0.3) is 0 Å². The summed E-state index contributed by atoms with van der Waals surface area (Å²) >= 11 is 0. The molecule has 5 heteroatoms. The van der Waals surface area contributed by atoms with Crippen molar-refractivity contribution in [1.82, 2.24) is 5.32 Å². The van der Waals surface area contributed by atoms with Crippen molar-refractivity contribution in [3.05, 3.63) is 0 Å². The van der Waals surface area contributed by atoms with Gasteiger partial charge in [-0.05, 0) is 25.3 Å². The number of hydrogen-bond donors (Lipinski definition) is 1. The molecule has 0 fully saturated rings. The molecule has 0 amide bonds. The Morgan fingerprint density at radius 3 is 2.00 bits per heavy atom. The van der Waals surface area contributed by atoms with Gasteiger partial charge in [-0.1, -0.05) is 20.8 Å². The Morgan fingerprint density at radius 1 is 1.18 bits per heavy atom. The van der Waals surface area contributed by atoms with Gasteiger partial charge in [0.15, 0.2) is 0 Å². The largest absolute Gasteiger partial charge is 0.389 e. The fraction of sp³-hybridized carbons (Fsp3) is 1.00.